The summed E-state index contributed by atoms with van der Waals surface area (Å²) in [7, 11) is -5.63. The van der Waals surface area contributed by atoms with Crippen LogP contribution in [-0.2, 0) is 19.9 Å². The van der Waals surface area contributed by atoms with Crippen LogP contribution in [0, 0.1) is 0 Å². The van der Waals surface area contributed by atoms with Gasteiger partial charge >= 0.3 is 0 Å². The molecule has 152 valence electrons. The number of piperidine rings is 1. The van der Waals surface area contributed by atoms with E-state index in [4.69, 9.17) is 4.74 Å². The lowest BCUT2D eigenvalue weighted by Gasteiger charge is -2.33. The lowest BCUT2D eigenvalue weighted by molar-refractivity contribution is 0.414. The third-order valence-electron chi connectivity index (χ3n) is 4.80. The maximum atomic E-state index is 12.7. The van der Waals surface area contributed by atoms with E-state index in [-0.39, 0.29) is 15.8 Å². The van der Waals surface area contributed by atoms with Gasteiger partial charge in [-0.05, 0) is 55.3 Å². The van der Waals surface area contributed by atoms with Gasteiger partial charge in [-0.15, -0.1) is 0 Å². The summed E-state index contributed by atoms with van der Waals surface area (Å²) in [5.74, 6) is 0.794. The summed E-state index contributed by atoms with van der Waals surface area (Å²) in [6.45, 7) is 1.45. The minimum atomic E-state index is -3.78. The molecule has 0 amide bonds. The molecular formula is C19H24N2O5S2. The highest BCUT2D eigenvalue weighted by Crippen LogP contribution is 2.24. The molecular weight excluding hydrogens is 400 g/mol. The normalized spacial score (nSPS) is 16.1. The van der Waals surface area contributed by atoms with E-state index < -0.39 is 19.9 Å². The van der Waals surface area contributed by atoms with E-state index in [1.54, 1.807) is 7.11 Å². The van der Waals surface area contributed by atoms with Gasteiger partial charge in [-0.25, -0.2) is 21.6 Å². The van der Waals surface area contributed by atoms with E-state index in [2.05, 4.69) is 9.62 Å². The van der Waals surface area contributed by atoms with Crippen molar-refractivity contribution >= 4 is 25.5 Å². The van der Waals surface area contributed by atoms with Crippen molar-refractivity contribution in [2.45, 2.75) is 28.7 Å². The van der Waals surface area contributed by atoms with Gasteiger partial charge in [0.2, 0.25) is 10.0 Å². The smallest absolute Gasteiger partial charge is 0.240 e. The molecule has 2 aromatic rings. The van der Waals surface area contributed by atoms with E-state index in [9.17, 15) is 16.8 Å². The van der Waals surface area contributed by atoms with Gasteiger partial charge in [-0.2, -0.15) is 0 Å². The van der Waals surface area contributed by atoms with Crippen LogP contribution in [-0.4, -0.2) is 49.3 Å². The molecule has 1 saturated heterocycles. The van der Waals surface area contributed by atoms with E-state index in [1.807, 2.05) is 24.3 Å². The first kappa shape index (κ1) is 20.6. The zero-order valence-corrected chi connectivity index (χ0v) is 17.5. The number of ether oxygens (including phenoxy) is 1. The Morgan fingerprint density at radius 1 is 0.964 bits per heavy atom. The average molecular weight is 425 g/mol. The number of nitrogens with zero attached hydrogens (tertiary/aromatic N) is 1. The number of sulfonamides is 1. The number of nitrogens with one attached hydrogen (secondary N) is 1. The molecule has 0 spiro atoms. The first-order valence-corrected chi connectivity index (χ1v) is 12.3. The van der Waals surface area contributed by atoms with Crippen molar-refractivity contribution in [3.8, 4) is 5.75 Å². The van der Waals surface area contributed by atoms with Gasteiger partial charge < -0.3 is 9.64 Å². The summed E-state index contributed by atoms with van der Waals surface area (Å²) >= 11 is 0. The fourth-order valence-corrected chi connectivity index (χ4v) is 5.30. The Hall–Kier alpha value is -2.10. The number of hydrogen-bond donors (Lipinski definition) is 1. The fraction of sp³-hybridized carbons (Fsp3) is 0.368. The Morgan fingerprint density at radius 3 is 2.14 bits per heavy atom. The monoisotopic (exact) mass is 424 g/mol. The largest absolute Gasteiger partial charge is 0.497 e. The second-order valence-corrected chi connectivity index (χ2v) is 10.6. The van der Waals surface area contributed by atoms with Crippen LogP contribution in [0.25, 0.3) is 0 Å². The summed E-state index contributed by atoms with van der Waals surface area (Å²) in [6.07, 6.45) is 2.38. The maximum Gasteiger partial charge on any atom is 0.240 e. The number of anilines is 1. The summed E-state index contributed by atoms with van der Waals surface area (Å²) in [5.41, 5.74) is 1.07. The van der Waals surface area contributed by atoms with Crippen molar-refractivity contribution in [3.05, 3.63) is 48.5 Å². The highest BCUT2D eigenvalue weighted by molar-refractivity contribution is 7.91. The van der Waals surface area contributed by atoms with Gasteiger partial charge in [0.1, 0.15) is 5.75 Å². The average Bonchev–Trinajstić information content (AvgIpc) is 2.68. The molecule has 9 heteroatoms. The standard InChI is InChI=1S/C19H24N2O5S2/c1-26-17-8-6-16(7-9-17)21-12-10-15(11-13-21)20-28(24,25)19-5-3-4-18(14-19)27(2,22)23/h3-9,14-15,20H,10-13H2,1-2H3. The van der Waals surface area contributed by atoms with Gasteiger partial charge in [0, 0.05) is 31.1 Å². The third-order valence-corrected chi connectivity index (χ3v) is 7.43. The van der Waals surface area contributed by atoms with Crippen molar-refractivity contribution in [3.63, 3.8) is 0 Å². The second kappa shape index (κ2) is 8.10. The molecule has 0 saturated carbocycles. The van der Waals surface area contributed by atoms with Crippen LogP contribution in [0.1, 0.15) is 12.8 Å². The number of sulfone groups is 1. The molecule has 0 atom stereocenters. The van der Waals surface area contributed by atoms with Gasteiger partial charge in [0.15, 0.2) is 9.84 Å². The second-order valence-electron chi connectivity index (χ2n) is 6.83. The van der Waals surface area contributed by atoms with Crippen LogP contribution in [0.3, 0.4) is 0 Å². The molecule has 1 fully saturated rings. The number of hydrogen-bond acceptors (Lipinski definition) is 6. The zero-order chi connectivity index (χ0) is 20.4. The Balaban J connectivity index is 1.65. The van der Waals surface area contributed by atoms with Crippen LogP contribution >= 0.6 is 0 Å². The Morgan fingerprint density at radius 2 is 1.57 bits per heavy atom. The molecule has 3 rings (SSSR count). The molecule has 0 radical (unpaired) electrons. The minimum absolute atomic E-state index is 0.00954. The quantitative estimate of drug-likeness (QED) is 0.763. The summed E-state index contributed by atoms with van der Waals surface area (Å²) in [6, 6.07) is 13.0. The summed E-state index contributed by atoms with van der Waals surface area (Å²) < 4.78 is 56.6. The highest BCUT2D eigenvalue weighted by atomic mass is 32.2. The number of methoxy groups -OCH3 is 1. The highest BCUT2D eigenvalue weighted by Gasteiger charge is 2.25. The third kappa shape index (κ3) is 4.84. The molecule has 1 N–H and O–H groups in total. The lowest BCUT2D eigenvalue weighted by Crippen LogP contribution is -2.44. The molecule has 2 aromatic carbocycles. The van der Waals surface area contributed by atoms with Gasteiger partial charge in [0.05, 0.1) is 16.9 Å². The molecule has 1 aliphatic heterocycles. The van der Waals surface area contributed by atoms with E-state index in [0.717, 1.165) is 30.8 Å². The maximum absolute atomic E-state index is 12.7. The fourth-order valence-electron chi connectivity index (χ4n) is 3.21. The van der Waals surface area contributed by atoms with Crippen molar-refractivity contribution in [1.82, 2.24) is 4.72 Å². The molecule has 0 aromatic heterocycles. The topological polar surface area (TPSA) is 92.8 Å². The van der Waals surface area contributed by atoms with E-state index in [1.165, 1.54) is 24.3 Å². The lowest BCUT2D eigenvalue weighted by atomic mass is 10.1. The van der Waals surface area contributed by atoms with Crippen LogP contribution in [0.2, 0.25) is 0 Å². The van der Waals surface area contributed by atoms with E-state index in [0.29, 0.717) is 12.8 Å². The summed E-state index contributed by atoms with van der Waals surface area (Å²) in [4.78, 5) is 2.16. The van der Waals surface area contributed by atoms with Crippen molar-refractivity contribution in [2.24, 2.45) is 0 Å². The van der Waals surface area contributed by atoms with Crippen molar-refractivity contribution < 1.29 is 21.6 Å². The van der Waals surface area contributed by atoms with Gasteiger partial charge in [-0.1, -0.05) is 6.07 Å². The first-order chi connectivity index (χ1) is 13.2. The molecule has 7 nitrogen and oxygen atoms in total. The predicted molar refractivity (Wildman–Crippen MR) is 108 cm³/mol. The number of benzene rings is 2. The molecule has 0 unspecified atom stereocenters. The van der Waals surface area contributed by atoms with Crippen LogP contribution in [0.15, 0.2) is 58.3 Å². The molecule has 28 heavy (non-hydrogen) atoms. The van der Waals surface area contributed by atoms with Gasteiger partial charge in [0.25, 0.3) is 0 Å². The Labute approximate surface area is 166 Å². The zero-order valence-electron chi connectivity index (χ0n) is 15.8. The van der Waals surface area contributed by atoms with Crippen molar-refractivity contribution in [2.75, 3.05) is 31.4 Å². The molecule has 1 heterocycles. The SMILES string of the molecule is COc1ccc(N2CCC(NS(=O)(=O)c3cccc(S(C)(=O)=O)c3)CC2)cc1. The minimum Gasteiger partial charge on any atom is -0.497 e. The predicted octanol–water partition coefficient (Wildman–Crippen LogP) is 2.05. The molecule has 1 aliphatic rings. The molecule has 0 aliphatic carbocycles. The van der Waals surface area contributed by atoms with Crippen LogP contribution in [0.5, 0.6) is 5.75 Å². The van der Waals surface area contributed by atoms with Crippen molar-refractivity contribution in [1.29, 1.82) is 0 Å². The summed E-state index contributed by atoms with van der Waals surface area (Å²) in [5, 5.41) is 0. The van der Waals surface area contributed by atoms with Crippen LogP contribution < -0.4 is 14.4 Å². The Kier molecular flexibility index (Phi) is 5.97. The molecule has 0 bridgehead atoms. The van der Waals surface area contributed by atoms with Crippen LogP contribution in [0.4, 0.5) is 5.69 Å². The first-order valence-electron chi connectivity index (χ1n) is 8.90. The number of rotatable bonds is 6. The van der Waals surface area contributed by atoms with E-state index >= 15 is 0 Å². The van der Waals surface area contributed by atoms with Gasteiger partial charge in [-0.3, -0.25) is 0 Å². The Bertz CT molecular complexity index is 1030.